The van der Waals surface area contributed by atoms with Crippen LogP contribution in [0.4, 0.5) is 5.69 Å². The molecule has 0 aromatic heterocycles. The molecule has 3 aromatic carbocycles. The second-order valence-corrected chi connectivity index (χ2v) is 7.67. The number of carbonyl (C=O) groups is 3. The van der Waals surface area contributed by atoms with Gasteiger partial charge < -0.3 is 10.1 Å². The predicted molar refractivity (Wildman–Crippen MR) is 113 cm³/mol. The van der Waals surface area contributed by atoms with Crippen LogP contribution in [-0.2, 0) is 4.79 Å². The van der Waals surface area contributed by atoms with Crippen LogP contribution >= 0.6 is 27.5 Å². The zero-order chi connectivity index (χ0) is 20.5. The number of fused-ring (bicyclic) bond motifs is 2. The van der Waals surface area contributed by atoms with E-state index in [1.54, 1.807) is 60.7 Å². The molecule has 29 heavy (non-hydrogen) atoms. The maximum Gasteiger partial charge on any atom is 0.262 e. The van der Waals surface area contributed by atoms with Crippen molar-refractivity contribution in [3.05, 3.63) is 92.4 Å². The van der Waals surface area contributed by atoms with Crippen molar-refractivity contribution in [3.8, 4) is 5.75 Å². The Hall–Kier alpha value is -2.96. The van der Waals surface area contributed by atoms with Gasteiger partial charge in [0.1, 0.15) is 5.75 Å². The van der Waals surface area contributed by atoms with Crippen LogP contribution in [-0.4, -0.2) is 24.1 Å². The lowest BCUT2D eigenvalue weighted by atomic mass is 9.83. The molecule has 4 rings (SSSR count). The van der Waals surface area contributed by atoms with Crippen molar-refractivity contribution < 1.29 is 19.1 Å². The molecule has 0 saturated heterocycles. The number of carbonyl (C=O) groups excluding carboxylic acids is 3. The molecule has 0 radical (unpaired) electrons. The molecule has 0 fully saturated rings. The fourth-order valence-corrected chi connectivity index (χ4v) is 3.90. The SMILES string of the molecule is O=C(COc1ccc(Br)cc1Cl)Nc1cccc2c1C(=O)c1ccccc1C2=O. The molecule has 0 unspecified atom stereocenters. The summed E-state index contributed by atoms with van der Waals surface area (Å²) in [5, 5.41) is 3.03. The van der Waals surface area contributed by atoms with E-state index in [1.807, 2.05) is 0 Å². The van der Waals surface area contributed by atoms with Gasteiger partial charge in [0.05, 0.1) is 16.3 Å². The average molecular weight is 471 g/mol. The van der Waals surface area contributed by atoms with Gasteiger partial charge >= 0.3 is 0 Å². The van der Waals surface area contributed by atoms with E-state index < -0.39 is 5.91 Å². The molecule has 0 saturated carbocycles. The van der Waals surface area contributed by atoms with Gasteiger partial charge in [-0.2, -0.15) is 0 Å². The largest absolute Gasteiger partial charge is 0.482 e. The van der Waals surface area contributed by atoms with Crippen LogP contribution < -0.4 is 10.1 Å². The van der Waals surface area contributed by atoms with E-state index in [1.165, 1.54) is 0 Å². The quantitative estimate of drug-likeness (QED) is 0.461. The number of halogens is 2. The smallest absolute Gasteiger partial charge is 0.262 e. The van der Waals surface area contributed by atoms with Crippen LogP contribution in [0.15, 0.2) is 65.1 Å². The Morgan fingerprint density at radius 2 is 1.62 bits per heavy atom. The molecular weight excluding hydrogens is 458 g/mol. The number of nitrogens with one attached hydrogen (secondary N) is 1. The molecule has 1 N–H and O–H groups in total. The summed E-state index contributed by atoms with van der Waals surface area (Å²) < 4.78 is 6.25. The Morgan fingerprint density at radius 3 is 2.34 bits per heavy atom. The number of ether oxygens (including phenoxy) is 1. The first-order valence-electron chi connectivity index (χ1n) is 8.65. The van der Waals surface area contributed by atoms with Gasteiger partial charge in [-0.1, -0.05) is 63.9 Å². The minimum Gasteiger partial charge on any atom is -0.482 e. The normalized spacial score (nSPS) is 12.2. The van der Waals surface area contributed by atoms with Crippen LogP contribution in [0, 0.1) is 0 Å². The number of ketones is 2. The van der Waals surface area contributed by atoms with Crippen molar-refractivity contribution in [1.82, 2.24) is 0 Å². The number of rotatable bonds is 4. The summed E-state index contributed by atoms with van der Waals surface area (Å²) in [6, 6.07) is 16.5. The van der Waals surface area contributed by atoms with Gasteiger partial charge in [0, 0.05) is 21.2 Å². The standard InChI is InChI=1S/C22H13BrClNO4/c23-12-8-9-18(16(24)10-12)29-11-19(26)25-17-7-3-6-15-20(17)22(28)14-5-2-1-4-13(14)21(15)27/h1-10H,11H2,(H,25,26). The maximum absolute atomic E-state index is 13.0. The van der Waals surface area contributed by atoms with Crippen molar-refractivity contribution in [1.29, 1.82) is 0 Å². The summed E-state index contributed by atoms with van der Waals surface area (Å²) in [5.41, 5.74) is 1.41. The third kappa shape index (κ3) is 3.69. The van der Waals surface area contributed by atoms with Gasteiger partial charge in [0.15, 0.2) is 18.2 Å². The zero-order valence-electron chi connectivity index (χ0n) is 14.9. The Morgan fingerprint density at radius 1 is 0.931 bits per heavy atom. The van der Waals surface area contributed by atoms with Crippen LogP contribution in [0.1, 0.15) is 31.8 Å². The Labute approximate surface area is 179 Å². The minimum absolute atomic E-state index is 0.186. The van der Waals surface area contributed by atoms with E-state index in [0.29, 0.717) is 21.9 Å². The molecule has 144 valence electrons. The van der Waals surface area contributed by atoms with Gasteiger partial charge in [-0.25, -0.2) is 0 Å². The molecule has 0 aliphatic heterocycles. The first kappa shape index (κ1) is 19.4. The van der Waals surface area contributed by atoms with Crippen molar-refractivity contribution in [2.24, 2.45) is 0 Å². The van der Waals surface area contributed by atoms with Gasteiger partial charge in [-0.3, -0.25) is 14.4 Å². The number of amides is 1. The third-order valence-corrected chi connectivity index (χ3v) is 5.27. The topological polar surface area (TPSA) is 72.5 Å². The molecule has 1 amide bonds. The van der Waals surface area contributed by atoms with Crippen LogP contribution in [0.25, 0.3) is 0 Å². The summed E-state index contributed by atoms with van der Waals surface area (Å²) in [6.45, 7) is -0.302. The van der Waals surface area contributed by atoms with Crippen molar-refractivity contribution in [2.45, 2.75) is 0 Å². The van der Waals surface area contributed by atoms with E-state index in [9.17, 15) is 14.4 Å². The third-order valence-electron chi connectivity index (χ3n) is 4.48. The molecule has 0 bridgehead atoms. The zero-order valence-corrected chi connectivity index (χ0v) is 17.2. The number of hydrogen-bond acceptors (Lipinski definition) is 4. The molecule has 1 aliphatic rings. The van der Waals surface area contributed by atoms with Crippen molar-refractivity contribution >= 4 is 50.7 Å². The monoisotopic (exact) mass is 469 g/mol. The fraction of sp³-hybridized carbons (Fsp3) is 0.0455. The Balaban J connectivity index is 1.57. The second kappa shape index (κ2) is 7.81. The summed E-state index contributed by atoms with van der Waals surface area (Å²) in [7, 11) is 0. The number of hydrogen-bond donors (Lipinski definition) is 1. The first-order valence-corrected chi connectivity index (χ1v) is 9.82. The van der Waals surface area contributed by atoms with Crippen molar-refractivity contribution in [2.75, 3.05) is 11.9 Å². The van der Waals surface area contributed by atoms with Gasteiger partial charge in [0.25, 0.3) is 5.91 Å². The molecule has 3 aromatic rings. The summed E-state index contributed by atoms with van der Waals surface area (Å²) >= 11 is 9.38. The van der Waals surface area contributed by atoms with E-state index in [0.717, 1.165) is 4.47 Å². The maximum atomic E-state index is 13.0. The van der Waals surface area contributed by atoms with Crippen LogP contribution in [0.2, 0.25) is 5.02 Å². The number of benzene rings is 3. The molecular formula is C22H13BrClNO4. The van der Waals surface area contributed by atoms with Gasteiger partial charge in [0.2, 0.25) is 0 Å². The second-order valence-electron chi connectivity index (χ2n) is 6.34. The van der Waals surface area contributed by atoms with E-state index in [4.69, 9.17) is 16.3 Å². The fourth-order valence-electron chi connectivity index (χ4n) is 3.17. The molecule has 0 spiro atoms. The summed E-state index contributed by atoms with van der Waals surface area (Å²) in [4.78, 5) is 38.1. The van der Waals surface area contributed by atoms with E-state index in [2.05, 4.69) is 21.2 Å². The number of anilines is 1. The molecule has 5 nitrogen and oxygen atoms in total. The summed E-state index contributed by atoms with van der Waals surface area (Å²) in [6.07, 6.45) is 0. The van der Waals surface area contributed by atoms with Crippen LogP contribution in [0.3, 0.4) is 0 Å². The van der Waals surface area contributed by atoms with Gasteiger partial charge in [-0.05, 0) is 24.3 Å². The molecule has 7 heteroatoms. The lowest BCUT2D eigenvalue weighted by Crippen LogP contribution is -2.26. The lowest BCUT2D eigenvalue weighted by Gasteiger charge is -2.20. The van der Waals surface area contributed by atoms with Gasteiger partial charge in [-0.15, -0.1) is 0 Å². The lowest BCUT2D eigenvalue weighted by molar-refractivity contribution is -0.118. The molecule has 0 heterocycles. The minimum atomic E-state index is -0.475. The van der Waals surface area contributed by atoms with E-state index >= 15 is 0 Å². The molecule has 1 aliphatic carbocycles. The Kier molecular flexibility index (Phi) is 5.22. The molecule has 0 atom stereocenters. The van der Waals surface area contributed by atoms with Crippen LogP contribution in [0.5, 0.6) is 5.75 Å². The van der Waals surface area contributed by atoms with Crippen molar-refractivity contribution in [3.63, 3.8) is 0 Å². The highest BCUT2D eigenvalue weighted by Gasteiger charge is 2.31. The highest BCUT2D eigenvalue weighted by Crippen LogP contribution is 2.32. The van der Waals surface area contributed by atoms with E-state index in [-0.39, 0.29) is 35.0 Å². The predicted octanol–water partition coefficient (Wildman–Crippen LogP) is 4.90. The highest BCUT2D eigenvalue weighted by molar-refractivity contribution is 9.10. The highest BCUT2D eigenvalue weighted by atomic mass is 79.9. The summed E-state index contributed by atoms with van der Waals surface area (Å²) in [5.74, 6) is -0.663. The first-order chi connectivity index (χ1) is 14.0. The average Bonchev–Trinajstić information content (AvgIpc) is 2.71. The Bertz CT molecular complexity index is 1180.